The molecule has 4 rings (SSSR count). The number of benzene rings is 1. The average Bonchev–Trinajstić information content (AvgIpc) is 3.19. The molecular weight excluding hydrogens is 440 g/mol. The van der Waals surface area contributed by atoms with E-state index < -0.39 is 0 Å². The van der Waals surface area contributed by atoms with Crippen LogP contribution in [0.2, 0.25) is 0 Å². The minimum absolute atomic E-state index is 0.148. The van der Waals surface area contributed by atoms with Gasteiger partial charge in [-0.2, -0.15) is 5.26 Å². The second kappa shape index (κ2) is 10.4. The number of nitriles is 1. The van der Waals surface area contributed by atoms with Gasteiger partial charge in [-0.25, -0.2) is 4.98 Å². The summed E-state index contributed by atoms with van der Waals surface area (Å²) in [7, 11) is 0. The van der Waals surface area contributed by atoms with Gasteiger partial charge in [0.25, 0.3) is 5.91 Å². The molecule has 1 aliphatic carbocycles. The number of pyridine rings is 1. The molecule has 0 aliphatic heterocycles. The van der Waals surface area contributed by atoms with Gasteiger partial charge in [0.1, 0.15) is 5.00 Å². The largest absolute Gasteiger partial charge is 0.348 e. The molecule has 2 aromatic heterocycles. The number of aromatic nitrogens is 1. The Morgan fingerprint density at radius 1 is 1.16 bits per heavy atom. The number of nitrogens with one attached hydrogen (secondary N) is 2. The van der Waals surface area contributed by atoms with Crippen LogP contribution in [-0.4, -0.2) is 22.6 Å². The first kappa shape index (κ1) is 22.1. The van der Waals surface area contributed by atoms with Crippen LogP contribution in [0.25, 0.3) is 0 Å². The summed E-state index contributed by atoms with van der Waals surface area (Å²) in [5.41, 5.74) is 3.20. The number of amides is 2. The molecule has 0 radical (unpaired) electrons. The first-order valence-corrected chi connectivity index (χ1v) is 12.2. The summed E-state index contributed by atoms with van der Waals surface area (Å²) < 4.78 is 0. The first-order chi connectivity index (χ1) is 15.6. The molecule has 0 saturated carbocycles. The number of carbonyl (C=O) groups is 2. The fraction of sp³-hybridized carbons (Fsp3) is 0.250. The minimum atomic E-state index is -0.199. The van der Waals surface area contributed by atoms with Crippen molar-refractivity contribution in [2.24, 2.45) is 0 Å². The zero-order chi connectivity index (χ0) is 22.3. The van der Waals surface area contributed by atoms with E-state index in [2.05, 4.69) is 21.7 Å². The van der Waals surface area contributed by atoms with Gasteiger partial charge in [-0.15, -0.1) is 11.3 Å². The Kier molecular flexibility index (Phi) is 7.20. The van der Waals surface area contributed by atoms with Crippen molar-refractivity contribution in [3.05, 3.63) is 75.8 Å². The van der Waals surface area contributed by atoms with Gasteiger partial charge >= 0.3 is 0 Å². The normalized spacial score (nSPS) is 12.5. The molecule has 162 valence electrons. The van der Waals surface area contributed by atoms with Crippen LogP contribution in [0.5, 0.6) is 0 Å². The number of anilines is 1. The second-order valence-corrected chi connectivity index (χ2v) is 9.52. The van der Waals surface area contributed by atoms with Gasteiger partial charge in [0.2, 0.25) is 5.91 Å². The fourth-order valence-electron chi connectivity index (χ4n) is 3.62. The third-order valence-electron chi connectivity index (χ3n) is 5.16. The smallest absolute Gasteiger partial charge is 0.254 e. The van der Waals surface area contributed by atoms with Gasteiger partial charge in [-0.1, -0.05) is 42.1 Å². The molecular formula is C24H22N4O2S2. The molecule has 0 bridgehead atoms. The van der Waals surface area contributed by atoms with E-state index in [1.807, 2.05) is 30.3 Å². The Labute approximate surface area is 195 Å². The van der Waals surface area contributed by atoms with E-state index in [9.17, 15) is 9.59 Å². The molecule has 2 amide bonds. The summed E-state index contributed by atoms with van der Waals surface area (Å²) in [4.78, 5) is 31.1. The summed E-state index contributed by atoms with van der Waals surface area (Å²) >= 11 is 2.77. The molecule has 3 aromatic rings. The van der Waals surface area contributed by atoms with Crippen LogP contribution in [-0.2, 0) is 24.2 Å². The lowest BCUT2D eigenvalue weighted by Gasteiger charge is -2.13. The average molecular weight is 463 g/mol. The molecule has 8 heteroatoms. The van der Waals surface area contributed by atoms with Gasteiger partial charge in [0, 0.05) is 17.6 Å². The van der Waals surface area contributed by atoms with Crippen molar-refractivity contribution in [1.29, 1.82) is 5.26 Å². The monoisotopic (exact) mass is 462 g/mol. The van der Waals surface area contributed by atoms with Gasteiger partial charge in [0.15, 0.2) is 0 Å². The van der Waals surface area contributed by atoms with Gasteiger partial charge in [-0.05, 0) is 48.9 Å². The summed E-state index contributed by atoms with van der Waals surface area (Å²) in [6, 6.07) is 15.1. The molecule has 0 fully saturated rings. The highest BCUT2D eigenvalue weighted by molar-refractivity contribution is 7.99. The highest BCUT2D eigenvalue weighted by atomic mass is 32.2. The van der Waals surface area contributed by atoms with Crippen molar-refractivity contribution in [1.82, 2.24) is 10.3 Å². The predicted molar refractivity (Wildman–Crippen MR) is 127 cm³/mol. The first-order valence-electron chi connectivity index (χ1n) is 10.4. The summed E-state index contributed by atoms with van der Waals surface area (Å²) in [6.45, 7) is 0.439. The molecule has 0 atom stereocenters. The van der Waals surface area contributed by atoms with E-state index in [0.717, 1.165) is 36.8 Å². The van der Waals surface area contributed by atoms with Crippen molar-refractivity contribution < 1.29 is 9.59 Å². The zero-order valence-corrected chi connectivity index (χ0v) is 19.0. The molecule has 0 saturated heterocycles. The van der Waals surface area contributed by atoms with Gasteiger partial charge in [0.05, 0.1) is 28.0 Å². The zero-order valence-electron chi connectivity index (χ0n) is 17.4. The van der Waals surface area contributed by atoms with Crippen molar-refractivity contribution >= 4 is 39.9 Å². The molecule has 2 heterocycles. The highest BCUT2D eigenvalue weighted by Gasteiger charge is 2.26. The molecule has 6 nitrogen and oxygen atoms in total. The number of fused-ring (bicyclic) bond motifs is 1. The number of hydrogen-bond acceptors (Lipinski definition) is 6. The lowest BCUT2D eigenvalue weighted by atomic mass is 9.95. The maximum atomic E-state index is 13.1. The Bertz CT molecular complexity index is 1170. The quantitative estimate of drug-likeness (QED) is 0.502. The Morgan fingerprint density at radius 3 is 2.78 bits per heavy atom. The maximum Gasteiger partial charge on any atom is 0.254 e. The molecule has 0 spiro atoms. The summed E-state index contributed by atoms with van der Waals surface area (Å²) in [6.07, 6.45) is 5.50. The molecule has 0 unspecified atom stereocenters. The Morgan fingerprint density at radius 2 is 1.97 bits per heavy atom. The predicted octanol–water partition coefficient (Wildman–Crippen LogP) is 4.55. The number of carbonyl (C=O) groups excluding carboxylic acids is 2. The van der Waals surface area contributed by atoms with Crippen molar-refractivity contribution in [3.63, 3.8) is 0 Å². The topological polar surface area (TPSA) is 94.9 Å². The maximum absolute atomic E-state index is 13.1. The van der Waals surface area contributed by atoms with Crippen LogP contribution in [0.3, 0.4) is 0 Å². The Hall–Kier alpha value is -3.15. The fourth-order valence-corrected chi connectivity index (χ4v) is 5.62. The van der Waals surface area contributed by atoms with Crippen LogP contribution in [0.1, 0.15) is 44.8 Å². The molecule has 2 N–H and O–H groups in total. The molecule has 32 heavy (non-hydrogen) atoms. The number of aryl methyl sites for hydroxylation is 1. The number of thiophene rings is 1. The third-order valence-corrected chi connectivity index (χ3v) is 7.30. The van der Waals surface area contributed by atoms with Gasteiger partial charge in [-0.3, -0.25) is 9.59 Å². The second-order valence-electron chi connectivity index (χ2n) is 7.41. The summed E-state index contributed by atoms with van der Waals surface area (Å²) in [5, 5.41) is 16.2. The van der Waals surface area contributed by atoms with E-state index in [1.165, 1.54) is 28.0 Å². The van der Waals surface area contributed by atoms with E-state index in [0.29, 0.717) is 27.7 Å². The van der Waals surface area contributed by atoms with E-state index in [1.54, 1.807) is 18.3 Å². The van der Waals surface area contributed by atoms with Crippen molar-refractivity contribution in [2.75, 3.05) is 11.1 Å². The highest BCUT2D eigenvalue weighted by Crippen LogP contribution is 2.38. The van der Waals surface area contributed by atoms with E-state index in [-0.39, 0.29) is 17.6 Å². The molecule has 1 aromatic carbocycles. The molecule has 1 aliphatic rings. The minimum Gasteiger partial charge on any atom is -0.348 e. The van der Waals surface area contributed by atoms with Crippen molar-refractivity contribution in [3.8, 4) is 6.07 Å². The SMILES string of the molecule is N#Cc1ccnc(SCC(=O)Nc2sc3c(c2C(=O)NCc2ccccc2)CCCC3)c1. The standard InChI is InChI=1S/C24H22N4O2S2/c25-13-17-10-11-26-21(12-17)31-15-20(29)28-24-22(18-8-4-5-9-19(18)32-24)23(30)27-14-16-6-2-1-3-7-16/h1-3,6-7,10-12H,4-5,8-9,14-15H2,(H,27,30)(H,28,29). The van der Waals surface area contributed by atoms with Crippen LogP contribution in [0, 0.1) is 11.3 Å². The lowest BCUT2D eigenvalue weighted by Crippen LogP contribution is -2.25. The van der Waals surface area contributed by atoms with Crippen LogP contribution < -0.4 is 10.6 Å². The van der Waals surface area contributed by atoms with E-state index >= 15 is 0 Å². The van der Waals surface area contributed by atoms with Gasteiger partial charge < -0.3 is 10.6 Å². The third kappa shape index (κ3) is 5.36. The Balaban J connectivity index is 1.46. The van der Waals surface area contributed by atoms with Crippen LogP contribution in [0.15, 0.2) is 53.7 Å². The number of rotatable bonds is 7. The lowest BCUT2D eigenvalue weighted by molar-refractivity contribution is -0.113. The van der Waals surface area contributed by atoms with E-state index in [4.69, 9.17) is 5.26 Å². The summed E-state index contributed by atoms with van der Waals surface area (Å²) in [5.74, 6) is -0.204. The van der Waals surface area contributed by atoms with Crippen LogP contribution in [0.4, 0.5) is 5.00 Å². The number of thioether (sulfide) groups is 1. The number of hydrogen-bond donors (Lipinski definition) is 2. The van der Waals surface area contributed by atoms with Crippen molar-refractivity contribution in [2.45, 2.75) is 37.3 Å². The van der Waals surface area contributed by atoms with Crippen LogP contribution >= 0.6 is 23.1 Å². The number of nitrogens with zero attached hydrogens (tertiary/aromatic N) is 2.